The van der Waals surface area contributed by atoms with Gasteiger partial charge < -0.3 is 10.1 Å². The van der Waals surface area contributed by atoms with Gasteiger partial charge in [0.25, 0.3) is 0 Å². The molecule has 0 spiro atoms. The van der Waals surface area contributed by atoms with Gasteiger partial charge in [0.05, 0.1) is 7.11 Å². The first-order chi connectivity index (χ1) is 10.6. The van der Waals surface area contributed by atoms with Gasteiger partial charge in [0, 0.05) is 29.2 Å². The van der Waals surface area contributed by atoms with Crippen LogP contribution in [-0.2, 0) is 4.79 Å². The quantitative estimate of drug-likeness (QED) is 0.654. The highest BCUT2D eigenvalue weighted by molar-refractivity contribution is 7.99. The largest absolute Gasteiger partial charge is 0.497 e. The van der Waals surface area contributed by atoms with E-state index in [2.05, 4.69) is 15.3 Å². The number of aryl methyl sites for hydroxylation is 2. The van der Waals surface area contributed by atoms with Crippen LogP contribution in [0.5, 0.6) is 5.75 Å². The van der Waals surface area contributed by atoms with Crippen molar-refractivity contribution in [3.8, 4) is 5.75 Å². The van der Waals surface area contributed by atoms with E-state index in [4.69, 9.17) is 4.74 Å². The maximum absolute atomic E-state index is 11.9. The van der Waals surface area contributed by atoms with Gasteiger partial charge in [-0.2, -0.15) is 0 Å². The van der Waals surface area contributed by atoms with E-state index in [1.165, 1.54) is 11.8 Å². The number of aromatic nitrogens is 2. The topological polar surface area (TPSA) is 64.1 Å². The van der Waals surface area contributed by atoms with Gasteiger partial charge in [0.2, 0.25) is 5.91 Å². The Morgan fingerprint density at radius 2 is 1.82 bits per heavy atom. The van der Waals surface area contributed by atoms with Crippen molar-refractivity contribution in [1.82, 2.24) is 9.97 Å². The van der Waals surface area contributed by atoms with Crippen molar-refractivity contribution in [2.75, 3.05) is 18.2 Å². The van der Waals surface area contributed by atoms with Crippen LogP contribution in [0.15, 0.2) is 35.5 Å². The molecule has 0 bridgehead atoms. The number of amides is 1. The van der Waals surface area contributed by atoms with Crippen LogP contribution >= 0.6 is 11.8 Å². The summed E-state index contributed by atoms with van der Waals surface area (Å²) in [6.45, 7) is 3.88. The van der Waals surface area contributed by atoms with Crippen LogP contribution in [0, 0.1) is 13.8 Å². The van der Waals surface area contributed by atoms with Crippen LogP contribution in [0.2, 0.25) is 0 Å². The molecule has 6 heteroatoms. The van der Waals surface area contributed by atoms with E-state index in [-0.39, 0.29) is 5.91 Å². The number of thioether (sulfide) groups is 1. The molecule has 2 aromatic rings. The van der Waals surface area contributed by atoms with Gasteiger partial charge in [-0.15, -0.1) is 0 Å². The van der Waals surface area contributed by atoms with E-state index in [0.29, 0.717) is 12.2 Å². The molecule has 1 amide bonds. The molecular weight excluding hydrogens is 298 g/mol. The Morgan fingerprint density at radius 3 is 2.41 bits per heavy atom. The predicted octanol–water partition coefficient (Wildman–Crippen LogP) is 3.22. The number of nitrogens with zero attached hydrogens (tertiary/aromatic N) is 2. The third kappa shape index (κ3) is 5.04. The molecule has 0 atom stereocenters. The zero-order valence-corrected chi connectivity index (χ0v) is 13.7. The van der Waals surface area contributed by atoms with Crippen molar-refractivity contribution in [2.45, 2.75) is 25.4 Å². The maximum atomic E-state index is 11.9. The van der Waals surface area contributed by atoms with Gasteiger partial charge >= 0.3 is 0 Å². The molecule has 0 aliphatic heterocycles. The average Bonchev–Trinajstić information content (AvgIpc) is 2.47. The summed E-state index contributed by atoms with van der Waals surface area (Å²) in [7, 11) is 1.61. The second-order valence-corrected chi connectivity index (χ2v) is 5.87. The lowest BCUT2D eigenvalue weighted by atomic mass is 10.3. The highest BCUT2D eigenvalue weighted by Gasteiger charge is 2.05. The fourth-order valence-corrected chi connectivity index (χ4v) is 2.78. The van der Waals surface area contributed by atoms with Crippen molar-refractivity contribution < 1.29 is 9.53 Å². The summed E-state index contributed by atoms with van der Waals surface area (Å²) in [6, 6.07) is 9.19. The SMILES string of the molecule is COc1ccc(NC(=O)CCSc2nc(C)cc(C)n2)cc1. The lowest BCUT2D eigenvalue weighted by Gasteiger charge is -2.06. The van der Waals surface area contributed by atoms with Crippen LogP contribution in [-0.4, -0.2) is 28.7 Å². The Balaban J connectivity index is 1.79. The Morgan fingerprint density at radius 1 is 1.18 bits per heavy atom. The number of hydrogen-bond donors (Lipinski definition) is 1. The van der Waals surface area contributed by atoms with Gasteiger partial charge in [-0.25, -0.2) is 9.97 Å². The van der Waals surface area contributed by atoms with Gasteiger partial charge in [-0.3, -0.25) is 4.79 Å². The smallest absolute Gasteiger partial charge is 0.225 e. The third-order valence-electron chi connectivity index (χ3n) is 2.90. The Bertz CT molecular complexity index is 624. The third-order valence-corrected chi connectivity index (χ3v) is 3.74. The summed E-state index contributed by atoms with van der Waals surface area (Å²) in [5, 5.41) is 3.57. The van der Waals surface area contributed by atoms with E-state index in [1.54, 1.807) is 7.11 Å². The minimum atomic E-state index is -0.0259. The van der Waals surface area contributed by atoms with Gasteiger partial charge in [-0.1, -0.05) is 11.8 Å². The summed E-state index contributed by atoms with van der Waals surface area (Å²) in [5.74, 6) is 1.38. The molecule has 1 N–H and O–H groups in total. The number of benzene rings is 1. The van der Waals surface area contributed by atoms with Crippen LogP contribution < -0.4 is 10.1 Å². The first-order valence-electron chi connectivity index (χ1n) is 6.96. The summed E-state index contributed by atoms with van der Waals surface area (Å²) in [6.07, 6.45) is 0.410. The molecule has 0 fully saturated rings. The van der Waals surface area contributed by atoms with Crippen molar-refractivity contribution in [2.24, 2.45) is 0 Å². The molecule has 1 aromatic carbocycles. The van der Waals surface area contributed by atoms with Gasteiger partial charge in [0.15, 0.2) is 5.16 Å². The molecule has 1 heterocycles. The molecular formula is C16H19N3O2S. The van der Waals surface area contributed by atoms with E-state index in [0.717, 1.165) is 28.0 Å². The fourth-order valence-electron chi connectivity index (χ4n) is 1.89. The first kappa shape index (κ1) is 16.3. The normalized spacial score (nSPS) is 10.3. The first-order valence-corrected chi connectivity index (χ1v) is 7.94. The average molecular weight is 317 g/mol. The highest BCUT2D eigenvalue weighted by atomic mass is 32.2. The summed E-state index contributed by atoms with van der Waals surface area (Å²) < 4.78 is 5.08. The number of carbonyl (C=O) groups excluding carboxylic acids is 1. The molecule has 1 aromatic heterocycles. The Hall–Kier alpha value is -2.08. The van der Waals surface area contributed by atoms with Gasteiger partial charge in [0.1, 0.15) is 5.75 Å². The van der Waals surface area contributed by atoms with Crippen molar-refractivity contribution in [3.63, 3.8) is 0 Å². The fraction of sp³-hybridized carbons (Fsp3) is 0.312. The van der Waals surface area contributed by atoms with Crippen molar-refractivity contribution >= 4 is 23.4 Å². The Kier molecular flexibility index (Phi) is 5.77. The minimum Gasteiger partial charge on any atom is -0.497 e. The van der Waals surface area contributed by atoms with E-state index >= 15 is 0 Å². The van der Waals surface area contributed by atoms with Crippen molar-refractivity contribution in [3.05, 3.63) is 41.7 Å². The number of ether oxygens (including phenoxy) is 1. The lowest BCUT2D eigenvalue weighted by Crippen LogP contribution is -2.12. The maximum Gasteiger partial charge on any atom is 0.225 e. The number of anilines is 1. The van der Waals surface area contributed by atoms with Crippen LogP contribution in [0.25, 0.3) is 0 Å². The van der Waals surface area contributed by atoms with Crippen LogP contribution in [0.1, 0.15) is 17.8 Å². The minimum absolute atomic E-state index is 0.0259. The second-order valence-electron chi connectivity index (χ2n) is 4.81. The molecule has 0 unspecified atom stereocenters. The van der Waals surface area contributed by atoms with E-state index in [9.17, 15) is 4.79 Å². The van der Waals surface area contributed by atoms with E-state index in [1.807, 2.05) is 44.2 Å². The highest BCUT2D eigenvalue weighted by Crippen LogP contribution is 2.17. The number of hydrogen-bond acceptors (Lipinski definition) is 5. The van der Waals surface area contributed by atoms with Crippen LogP contribution in [0.4, 0.5) is 5.69 Å². The molecule has 22 heavy (non-hydrogen) atoms. The standard InChI is InChI=1S/C16H19N3O2S/c1-11-10-12(2)18-16(17-11)22-9-8-15(20)19-13-4-6-14(21-3)7-5-13/h4-7,10H,8-9H2,1-3H3,(H,19,20). The van der Waals surface area contributed by atoms with Crippen LogP contribution in [0.3, 0.4) is 0 Å². The molecule has 116 valence electrons. The number of rotatable bonds is 6. The summed E-state index contributed by atoms with van der Waals surface area (Å²) in [4.78, 5) is 20.6. The summed E-state index contributed by atoms with van der Waals surface area (Å²) >= 11 is 1.49. The molecule has 0 saturated heterocycles. The molecule has 0 aliphatic carbocycles. The monoisotopic (exact) mass is 317 g/mol. The predicted molar refractivity (Wildman–Crippen MR) is 88.5 cm³/mol. The van der Waals surface area contributed by atoms with Crippen molar-refractivity contribution in [1.29, 1.82) is 0 Å². The van der Waals surface area contributed by atoms with E-state index < -0.39 is 0 Å². The zero-order valence-electron chi connectivity index (χ0n) is 12.9. The number of carbonyl (C=O) groups is 1. The van der Waals surface area contributed by atoms with Gasteiger partial charge in [-0.05, 0) is 44.2 Å². The molecule has 0 aliphatic rings. The molecule has 0 saturated carbocycles. The number of methoxy groups -OCH3 is 1. The number of nitrogens with one attached hydrogen (secondary N) is 1. The molecule has 0 radical (unpaired) electrons. The summed E-state index contributed by atoms with van der Waals surface area (Å²) in [5.41, 5.74) is 2.65. The molecule has 2 rings (SSSR count). The lowest BCUT2D eigenvalue weighted by molar-refractivity contribution is -0.115. The second kappa shape index (κ2) is 7.79. The molecule has 5 nitrogen and oxygen atoms in total. The Labute approximate surface area is 134 Å². The zero-order chi connectivity index (χ0) is 15.9.